The Kier molecular flexibility index (Phi) is 4.32. The van der Waals surface area contributed by atoms with Crippen LogP contribution in [-0.2, 0) is 0 Å². The van der Waals surface area contributed by atoms with Gasteiger partial charge in [0.25, 0.3) is 0 Å². The molecule has 3 nitrogen and oxygen atoms in total. The van der Waals surface area contributed by atoms with E-state index in [1.165, 1.54) is 0 Å². The van der Waals surface area contributed by atoms with Gasteiger partial charge in [0, 0.05) is 11.3 Å². The average Bonchev–Trinajstić information content (AvgIpc) is 2.38. The number of hydrogen-bond acceptors (Lipinski definition) is 3. The van der Waals surface area contributed by atoms with Crippen molar-refractivity contribution in [1.82, 2.24) is 4.98 Å². The van der Waals surface area contributed by atoms with Crippen molar-refractivity contribution in [2.75, 3.05) is 12.4 Å². The standard InChI is InChI=1S/C14H14BrClN2O/c1-8-4-6-11(19-3)9(2)13(8)18-14-10(15)5-7-12(16)17-14/h4-7H,1-3H3,(H,17,18). The van der Waals surface area contributed by atoms with Crippen molar-refractivity contribution in [2.45, 2.75) is 13.8 Å². The van der Waals surface area contributed by atoms with Gasteiger partial charge < -0.3 is 10.1 Å². The molecule has 2 aromatic rings. The van der Waals surface area contributed by atoms with Gasteiger partial charge in [0.05, 0.1) is 11.6 Å². The van der Waals surface area contributed by atoms with E-state index in [0.717, 1.165) is 27.0 Å². The number of anilines is 2. The molecule has 1 heterocycles. The van der Waals surface area contributed by atoms with Crippen LogP contribution in [0.5, 0.6) is 5.75 Å². The molecule has 0 aliphatic rings. The number of aromatic nitrogens is 1. The first-order valence-corrected chi connectivity index (χ1v) is 6.93. The van der Waals surface area contributed by atoms with Gasteiger partial charge in [-0.25, -0.2) is 4.98 Å². The van der Waals surface area contributed by atoms with Crippen LogP contribution in [0, 0.1) is 13.8 Å². The Balaban J connectivity index is 2.46. The molecule has 100 valence electrons. The Bertz CT molecular complexity index is 617. The van der Waals surface area contributed by atoms with Crippen molar-refractivity contribution in [3.05, 3.63) is 45.0 Å². The van der Waals surface area contributed by atoms with Crippen LogP contribution in [0.15, 0.2) is 28.7 Å². The lowest BCUT2D eigenvalue weighted by atomic mass is 10.1. The minimum Gasteiger partial charge on any atom is -0.496 e. The van der Waals surface area contributed by atoms with Crippen molar-refractivity contribution >= 4 is 39.0 Å². The fourth-order valence-electron chi connectivity index (χ4n) is 1.87. The number of aryl methyl sites for hydroxylation is 1. The molecule has 0 aliphatic carbocycles. The number of benzene rings is 1. The molecule has 1 N–H and O–H groups in total. The molecule has 0 amide bonds. The number of hydrogen-bond donors (Lipinski definition) is 1. The molecule has 1 aromatic carbocycles. The minimum absolute atomic E-state index is 0.448. The highest BCUT2D eigenvalue weighted by Gasteiger charge is 2.10. The summed E-state index contributed by atoms with van der Waals surface area (Å²) in [7, 11) is 1.66. The van der Waals surface area contributed by atoms with E-state index in [4.69, 9.17) is 16.3 Å². The van der Waals surface area contributed by atoms with Crippen LogP contribution >= 0.6 is 27.5 Å². The van der Waals surface area contributed by atoms with Crippen molar-refractivity contribution in [1.29, 1.82) is 0 Å². The van der Waals surface area contributed by atoms with Crippen LogP contribution < -0.4 is 10.1 Å². The molecule has 0 saturated carbocycles. The Hall–Kier alpha value is -1.26. The maximum atomic E-state index is 5.92. The predicted octanol–water partition coefficient (Wildman–Crippen LogP) is 4.87. The largest absolute Gasteiger partial charge is 0.496 e. The summed E-state index contributed by atoms with van der Waals surface area (Å²) < 4.78 is 6.19. The number of nitrogens with one attached hydrogen (secondary N) is 1. The van der Waals surface area contributed by atoms with E-state index in [1.54, 1.807) is 13.2 Å². The summed E-state index contributed by atoms with van der Waals surface area (Å²) in [5.74, 6) is 1.53. The number of ether oxygens (including phenoxy) is 1. The van der Waals surface area contributed by atoms with Crippen molar-refractivity contribution in [2.24, 2.45) is 0 Å². The van der Waals surface area contributed by atoms with Crippen LogP contribution in [-0.4, -0.2) is 12.1 Å². The third-order valence-corrected chi connectivity index (χ3v) is 3.75. The molecule has 0 bridgehead atoms. The van der Waals surface area contributed by atoms with E-state index < -0.39 is 0 Å². The first kappa shape index (κ1) is 14.2. The summed E-state index contributed by atoms with van der Waals surface area (Å²) in [6.07, 6.45) is 0. The van der Waals surface area contributed by atoms with Gasteiger partial charge in [-0.15, -0.1) is 0 Å². The van der Waals surface area contributed by atoms with Gasteiger partial charge in [-0.1, -0.05) is 17.7 Å². The quantitative estimate of drug-likeness (QED) is 0.809. The van der Waals surface area contributed by atoms with Crippen LogP contribution in [0.2, 0.25) is 5.15 Å². The lowest BCUT2D eigenvalue weighted by molar-refractivity contribution is 0.412. The summed E-state index contributed by atoms with van der Waals surface area (Å²) in [4.78, 5) is 4.27. The molecule has 5 heteroatoms. The third kappa shape index (κ3) is 3.01. The van der Waals surface area contributed by atoms with Gasteiger partial charge in [0.15, 0.2) is 0 Å². The highest BCUT2D eigenvalue weighted by molar-refractivity contribution is 9.10. The second kappa shape index (κ2) is 5.80. The van der Waals surface area contributed by atoms with Crippen molar-refractivity contribution in [3.63, 3.8) is 0 Å². The summed E-state index contributed by atoms with van der Waals surface area (Å²) >= 11 is 9.38. The van der Waals surface area contributed by atoms with E-state index >= 15 is 0 Å². The maximum absolute atomic E-state index is 5.92. The molecule has 0 fully saturated rings. The van der Waals surface area contributed by atoms with Gasteiger partial charge in [-0.05, 0) is 53.5 Å². The monoisotopic (exact) mass is 340 g/mol. The van der Waals surface area contributed by atoms with E-state index in [0.29, 0.717) is 11.0 Å². The minimum atomic E-state index is 0.448. The lowest BCUT2D eigenvalue weighted by Gasteiger charge is -2.15. The summed E-state index contributed by atoms with van der Waals surface area (Å²) in [5, 5.41) is 3.75. The summed E-state index contributed by atoms with van der Waals surface area (Å²) in [5.41, 5.74) is 3.14. The topological polar surface area (TPSA) is 34.1 Å². The molecule has 2 rings (SSSR count). The Morgan fingerprint density at radius 3 is 2.63 bits per heavy atom. The first-order valence-electron chi connectivity index (χ1n) is 5.76. The first-order chi connectivity index (χ1) is 9.02. The number of pyridine rings is 1. The second-order valence-electron chi connectivity index (χ2n) is 4.17. The van der Waals surface area contributed by atoms with Crippen molar-refractivity contribution in [3.8, 4) is 5.75 Å². The van der Waals surface area contributed by atoms with Gasteiger partial charge in [0.2, 0.25) is 0 Å². The van der Waals surface area contributed by atoms with Crippen LogP contribution in [0.4, 0.5) is 11.5 Å². The van der Waals surface area contributed by atoms with Gasteiger partial charge in [-0.2, -0.15) is 0 Å². The average molecular weight is 342 g/mol. The third-order valence-electron chi connectivity index (χ3n) is 2.90. The zero-order valence-electron chi connectivity index (χ0n) is 10.9. The molecule has 19 heavy (non-hydrogen) atoms. The fourth-order valence-corrected chi connectivity index (χ4v) is 2.33. The van der Waals surface area contributed by atoms with Gasteiger partial charge in [0.1, 0.15) is 16.7 Å². The molecular formula is C14H14BrClN2O. The highest BCUT2D eigenvalue weighted by atomic mass is 79.9. The number of methoxy groups -OCH3 is 1. The van der Waals surface area contributed by atoms with Gasteiger partial charge in [-0.3, -0.25) is 0 Å². The molecule has 0 radical (unpaired) electrons. The Morgan fingerprint density at radius 2 is 1.95 bits per heavy atom. The van der Waals surface area contributed by atoms with Crippen LogP contribution in [0.25, 0.3) is 0 Å². The SMILES string of the molecule is COc1ccc(C)c(Nc2nc(Cl)ccc2Br)c1C. The summed E-state index contributed by atoms with van der Waals surface area (Å²) in [6, 6.07) is 7.56. The normalized spacial score (nSPS) is 10.4. The van der Waals surface area contributed by atoms with Crippen LogP contribution in [0.1, 0.15) is 11.1 Å². The Labute approximate surface area is 126 Å². The zero-order valence-corrected chi connectivity index (χ0v) is 13.3. The van der Waals surface area contributed by atoms with E-state index in [1.807, 2.05) is 32.0 Å². The molecule has 0 atom stereocenters. The number of nitrogens with zero attached hydrogens (tertiary/aromatic N) is 1. The number of halogens is 2. The molecule has 0 aliphatic heterocycles. The lowest BCUT2D eigenvalue weighted by Crippen LogP contribution is -2.01. The number of rotatable bonds is 3. The molecular weight excluding hydrogens is 328 g/mol. The van der Waals surface area contributed by atoms with E-state index in [9.17, 15) is 0 Å². The van der Waals surface area contributed by atoms with Crippen LogP contribution in [0.3, 0.4) is 0 Å². The zero-order chi connectivity index (χ0) is 14.0. The Morgan fingerprint density at radius 1 is 1.21 bits per heavy atom. The smallest absolute Gasteiger partial charge is 0.146 e. The van der Waals surface area contributed by atoms with E-state index in [-0.39, 0.29) is 0 Å². The molecule has 0 spiro atoms. The summed E-state index contributed by atoms with van der Waals surface area (Å²) in [6.45, 7) is 4.04. The second-order valence-corrected chi connectivity index (χ2v) is 5.42. The molecule has 1 aromatic heterocycles. The van der Waals surface area contributed by atoms with E-state index in [2.05, 4.69) is 26.2 Å². The molecule has 0 saturated heterocycles. The predicted molar refractivity (Wildman–Crippen MR) is 82.7 cm³/mol. The highest BCUT2D eigenvalue weighted by Crippen LogP contribution is 2.33. The maximum Gasteiger partial charge on any atom is 0.146 e. The molecule has 0 unspecified atom stereocenters. The fraction of sp³-hybridized carbons (Fsp3) is 0.214. The van der Waals surface area contributed by atoms with Gasteiger partial charge >= 0.3 is 0 Å². The van der Waals surface area contributed by atoms with Crippen molar-refractivity contribution < 1.29 is 4.74 Å².